The quantitative estimate of drug-likeness (QED) is 0.684. The predicted octanol–water partition coefficient (Wildman–Crippen LogP) is 2.04. The van der Waals surface area contributed by atoms with Gasteiger partial charge in [-0.05, 0) is 36.8 Å². The molecule has 21 heavy (non-hydrogen) atoms. The smallest absolute Gasteiger partial charge is 0.358 e. The van der Waals surface area contributed by atoms with Crippen molar-refractivity contribution in [2.75, 3.05) is 24.8 Å². The lowest BCUT2D eigenvalue weighted by Gasteiger charge is -2.26. The van der Waals surface area contributed by atoms with Crippen LogP contribution in [0, 0.1) is 0 Å². The molecule has 0 fully saturated rings. The number of methoxy groups -OCH3 is 1. The number of ether oxygens (including phenoxy) is 1. The van der Waals surface area contributed by atoms with Crippen molar-refractivity contribution < 1.29 is 9.53 Å². The number of nitrogens with two attached hydrogens (primary N) is 1. The molecular formula is C15H18N4O2. The number of carbonyl (C=O) groups is 1. The minimum absolute atomic E-state index is 0.0757. The molecule has 0 aliphatic heterocycles. The second-order valence-electron chi connectivity index (χ2n) is 4.73. The SMILES string of the molecule is COC(=O)c1ccc(N(C)C(C)c2cccc(N)c2)nn1. The zero-order valence-corrected chi connectivity index (χ0v) is 12.3. The third kappa shape index (κ3) is 3.28. The van der Waals surface area contributed by atoms with Crippen LogP contribution in [-0.2, 0) is 4.74 Å². The highest BCUT2D eigenvalue weighted by molar-refractivity contribution is 5.86. The number of nitrogens with zero attached hydrogens (tertiary/aromatic N) is 3. The molecule has 0 spiro atoms. The predicted molar refractivity (Wildman–Crippen MR) is 81.0 cm³/mol. The summed E-state index contributed by atoms with van der Waals surface area (Å²) < 4.78 is 4.60. The molecule has 1 unspecified atom stereocenters. The van der Waals surface area contributed by atoms with Gasteiger partial charge in [0.2, 0.25) is 0 Å². The summed E-state index contributed by atoms with van der Waals surface area (Å²) in [5.74, 6) is 0.165. The molecule has 6 nitrogen and oxygen atoms in total. The van der Waals surface area contributed by atoms with E-state index in [0.29, 0.717) is 5.82 Å². The standard InChI is InChI=1S/C15H18N4O2/c1-10(11-5-4-6-12(16)9-11)19(2)14-8-7-13(17-18-14)15(20)21-3/h4-10H,16H2,1-3H3. The summed E-state index contributed by atoms with van der Waals surface area (Å²) in [6.07, 6.45) is 0. The monoisotopic (exact) mass is 286 g/mol. The lowest BCUT2D eigenvalue weighted by molar-refractivity contribution is 0.0592. The van der Waals surface area contributed by atoms with E-state index in [1.807, 2.05) is 43.1 Å². The van der Waals surface area contributed by atoms with Crippen LogP contribution in [0.2, 0.25) is 0 Å². The fourth-order valence-corrected chi connectivity index (χ4v) is 1.97. The summed E-state index contributed by atoms with van der Waals surface area (Å²) in [7, 11) is 3.22. The largest absolute Gasteiger partial charge is 0.464 e. The Morgan fingerprint density at radius 1 is 1.29 bits per heavy atom. The van der Waals surface area contributed by atoms with Gasteiger partial charge in [0.15, 0.2) is 11.5 Å². The van der Waals surface area contributed by atoms with E-state index in [9.17, 15) is 4.79 Å². The number of nitrogen functional groups attached to an aromatic ring is 1. The van der Waals surface area contributed by atoms with Gasteiger partial charge in [-0.2, -0.15) is 0 Å². The van der Waals surface area contributed by atoms with Crippen molar-refractivity contribution in [3.8, 4) is 0 Å². The molecule has 1 aromatic carbocycles. The van der Waals surface area contributed by atoms with Crippen molar-refractivity contribution in [2.45, 2.75) is 13.0 Å². The third-order valence-electron chi connectivity index (χ3n) is 3.38. The van der Waals surface area contributed by atoms with Crippen LogP contribution in [0.5, 0.6) is 0 Å². The third-order valence-corrected chi connectivity index (χ3v) is 3.38. The second kappa shape index (κ2) is 6.21. The van der Waals surface area contributed by atoms with Gasteiger partial charge in [-0.25, -0.2) is 4.79 Å². The van der Waals surface area contributed by atoms with Gasteiger partial charge in [-0.15, -0.1) is 10.2 Å². The first-order chi connectivity index (χ1) is 10.0. The van der Waals surface area contributed by atoms with Crippen LogP contribution in [0.1, 0.15) is 29.0 Å². The van der Waals surface area contributed by atoms with E-state index in [4.69, 9.17) is 5.73 Å². The van der Waals surface area contributed by atoms with Gasteiger partial charge in [-0.1, -0.05) is 12.1 Å². The van der Waals surface area contributed by atoms with Gasteiger partial charge in [0.25, 0.3) is 0 Å². The molecule has 1 heterocycles. The van der Waals surface area contributed by atoms with E-state index in [0.717, 1.165) is 11.3 Å². The number of carbonyl (C=O) groups excluding carboxylic acids is 1. The van der Waals surface area contributed by atoms with Gasteiger partial charge < -0.3 is 15.4 Å². The molecule has 2 N–H and O–H groups in total. The molecule has 2 aromatic rings. The van der Waals surface area contributed by atoms with Crippen LogP contribution in [0.25, 0.3) is 0 Å². The Balaban J connectivity index is 2.19. The normalized spacial score (nSPS) is 11.8. The highest BCUT2D eigenvalue weighted by atomic mass is 16.5. The summed E-state index contributed by atoms with van der Waals surface area (Å²) in [6, 6.07) is 11.1. The summed E-state index contributed by atoms with van der Waals surface area (Å²) in [5, 5.41) is 7.93. The maximum absolute atomic E-state index is 11.3. The van der Waals surface area contributed by atoms with E-state index < -0.39 is 5.97 Å². The van der Waals surface area contributed by atoms with Gasteiger partial charge in [0.05, 0.1) is 13.2 Å². The zero-order valence-electron chi connectivity index (χ0n) is 12.3. The van der Waals surface area contributed by atoms with Gasteiger partial charge in [-0.3, -0.25) is 0 Å². The molecule has 0 bridgehead atoms. The summed E-state index contributed by atoms with van der Waals surface area (Å²) in [4.78, 5) is 13.3. The van der Waals surface area contributed by atoms with E-state index in [-0.39, 0.29) is 11.7 Å². The van der Waals surface area contributed by atoms with Crippen LogP contribution < -0.4 is 10.6 Å². The van der Waals surface area contributed by atoms with Crippen LogP contribution in [0.15, 0.2) is 36.4 Å². The molecule has 0 saturated heterocycles. The molecule has 0 amide bonds. The second-order valence-corrected chi connectivity index (χ2v) is 4.73. The van der Waals surface area contributed by atoms with Crippen LogP contribution in [-0.4, -0.2) is 30.3 Å². The van der Waals surface area contributed by atoms with E-state index >= 15 is 0 Å². The Kier molecular flexibility index (Phi) is 4.37. The zero-order chi connectivity index (χ0) is 15.4. The highest BCUT2D eigenvalue weighted by Crippen LogP contribution is 2.24. The number of benzene rings is 1. The molecule has 0 aliphatic rings. The van der Waals surface area contributed by atoms with Crippen LogP contribution in [0.3, 0.4) is 0 Å². The first kappa shape index (κ1) is 14.8. The average Bonchev–Trinajstić information content (AvgIpc) is 2.53. The minimum Gasteiger partial charge on any atom is -0.464 e. The summed E-state index contributed by atoms with van der Waals surface area (Å²) in [5.41, 5.74) is 7.79. The summed E-state index contributed by atoms with van der Waals surface area (Å²) >= 11 is 0. The lowest BCUT2D eigenvalue weighted by atomic mass is 10.1. The van der Waals surface area contributed by atoms with E-state index in [2.05, 4.69) is 14.9 Å². The molecule has 0 aliphatic carbocycles. The van der Waals surface area contributed by atoms with Crippen LogP contribution in [0.4, 0.5) is 11.5 Å². The maximum Gasteiger partial charge on any atom is 0.358 e. The molecule has 6 heteroatoms. The Morgan fingerprint density at radius 2 is 2.05 bits per heavy atom. The number of hydrogen-bond acceptors (Lipinski definition) is 6. The van der Waals surface area contributed by atoms with Crippen molar-refractivity contribution in [1.82, 2.24) is 10.2 Å². The molecule has 1 aromatic heterocycles. The van der Waals surface area contributed by atoms with Gasteiger partial charge in [0.1, 0.15) is 0 Å². The number of rotatable bonds is 4. The number of aromatic nitrogens is 2. The Bertz CT molecular complexity index is 628. The minimum atomic E-state index is -0.499. The van der Waals surface area contributed by atoms with Crippen molar-refractivity contribution in [3.63, 3.8) is 0 Å². The van der Waals surface area contributed by atoms with Crippen molar-refractivity contribution in [1.29, 1.82) is 0 Å². The van der Waals surface area contributed by atoms with Crippen molar-refractivity contribution >= 4 is 17.5 Å². The number of esters is 1. The Hall–Kier alpha value is -2.63. The molecule has 110 valence electrons. The maximum atomic E-state index is 11.3. The molecule has 2 rings (SSSR count). The fraction of sp³-hybridized carbons (Fsp3) is 0.267. The number of hydrogen-bond donors (Lipinski definition) is 1. The molecule has 0 radical (unpaired) electrons. The van der Waals surface area contributed by atoms with Gasteiger partial charge in [0, 0.05) is 12.7 Å². The molecular weight excluding hydrogens is 268 g/mol. The highest BCUT2D eigenvalue weighted by Gasteiger charge is 2.15. The average molecular weight is 286 g/mol. The first-order valence-electron chi connectivity index (χ1n) is 6.53. The van der Waals surface area contributed by atoms with Gasteiger partial charge >= 0.3 is 5.97 Å². The Labute approximate surface area is 123 Å². The molecule has 1 atom stereocenters. The lowest BCUT2D eigenvalue weighted by Crippen LogP contribution is -2.23. The van der Waals surface area contributed by atoms with E-state index in [1.165, 1.54) is 7.11 Å². The van der Waals surface area contributed by atoms with Crippen molar-refractivity contribution in [2.24, 2.45) is 0 Å². The fourth-order valence-electron chi connectivity index (χ4n) is 1.97. The topological polar surface area (TPSA) is 81.3 Å². The Morgan fingerprint density at radius 3 is 2.62 bits per heavy atom. The van der Waals surface area contributed by atoms with Crippen molar-refractivity contribution in [3.05, 3.63) is 47.7 Å². The number of anilines is 2. The first-order valence-corrected chi connectivity index (χ1v) is 6.53. The molecule has 0 saturated carbocycles. The van der Waals surface area contributed by atoms with Crippen LogP contribution >= 0.6 is 0 Å². The van der Waals surface area contributed by atoms with E-state index in [1.54, 1.807) is 12.1 Å². The summed E-state index contributed by atoms with van der Waals surface area (Å²) in [6.45, 7) is 2.05.